The topological polar surface area (TPSA) is 78.5 Å². The van der Waals surface area contributed by atoms with Crippen molar-refractivity contribution < 1.29 is 14.4 Å². The summed E-state index contributed by atoms with van der Waals surface area (Å²) in [5.74, 6) is 0.888. The number of carbonyl (C=O) groups excluding carboxylic acids is 3. The van der Waals surface area contributed by atoms with Crippen LogP contribution in [-0.2, 0) is 16.0 Å². The molecule has 0 bridgehead atoms. The van der Waals surface area contributed by atoms with Gasteiger partial charge in [0.2, 0.25) is 5.91 Å². The standard InChI is InChI=1S/C21H33N3O3S/c1-16(2)9-8-12-24(13-14-28-17(3)25)21(27)23-19(20(26)22-4)15-18-10-6-5-7-11-18/h5-7,10-11,16,19H,8-9,12-15H2,1-4H3,(H,22,26)(H,23,27). The number of hydrogen-bond donors (Lipinski definition) is 2. The molecule has 6 nitrogen and oxygen atoms in total. The van der Waals surface area contributed by atoms with E-state index in [9.17, 15) is 14.4 Å². The minimum absolute atomic E-state index is 0.0369. The van der Waals surface area contributed by atoms with Gasteiger partial charge in [-0.25, -0.2) is 4.79 Å². The predicted molar refractivity (Wildman–Crippen MR) is 115 cm³/mol. The number of amides is 3. The lowest BCUT2D eigenvalue weighted by Gasteiger charge is -2.26. The summed E-state index contributed by atoms with van der Waals surface area (Å²) < 4.78 is 0. The Labute approximate surface area is 172 Å². The molecule has 1 aromatic carbocycles. The zero-order chi connectivity index (χ0) is 20.9. The van der Waals surface area contributed by atoms with Gasteiger partial charge in [0, 0.05) is 39.2 Å². The fourth-order valence-corrected chi connectivity index (χ4v) is 3.38. The largest absolute Gasteiger partial charge is 0.357 e. The lowest BCUT2D eigenvalue weighted by molar-refractivity contribution is -0.122. The van der Waals surface area contributed by atoms with Crippen LogP contribution in [0, 0.1) is 5.92 Å². The average Bonchev–Trinajstić information content (AvgIpc) is 2.65. The Morgan fingerprint density at radius 1 is 1.11 bits per heavy atom. The van der Waals surface area contributed by atoms with Gasteiger partial charge in [-0.1, -0.05) is 55.9 Å². The van der Waals surface area contributed by atoms with E-state index in [1.165, 1.54) is 18.7 Å². The molecule has 0 aliphatic rings. The van der Waals surface area contributed by atoms with Crippen molar-refractivity contribution in [3.05, 3.63) is 35.9 Å². The van der Waals surface area contributed by atoms with Gasteiger partial charge in [-0.15, -0.1) is 0 Å². The first kappa shape index (κ1) is 24.0. The van der Waals surface area contributed by atoms with E-state index < -0.39 is 6.04 Å². The summed E-state index contributed by atoms with van der Waals surface area (Å²) in [5, 5.41) is 5.54. The van der Waals surface area contributed by atoms with E-state index in [1.54, 1.807) is 11.9 Å². The van der Waals surface area contributed by atoms with Gasteiger partial charge in [0.15, 0.2) is 5.12 Å². The maximum atomic E-state index is 12.9. The second kappa shape index (κ2) is 13.2. The van der Waals surface area contributed by atoms with E-state index in [4.69, 9.17) is 0 Å². The van der Waals surface area contributed by atoms with Gasteiger partial charge < -0.3 is 15.5 Å². The number of nitrogens with zero attached hydrogens (tertiary/aromatic N) is 1. The summed E-state index contributed by atoms with van der Waals surface area (Å²) in [6.45, 7) is 6.90. The second-order valence-corrected chi connectivity index (χ2v) is 8.44. The zero-order valence-corrected chi connectivity index (χ0v) is 18.2. The van der Waals surface area contributed by atoms with E-state index >= 15 is 0 Å². The number of hydrogen-bond acceptors (Lipinski definition) is 4. The molecule has 0 fully saturated rings. The molecule has 1 aromatic rings. The third-order valence-electron chi connectivity index (χ3n) is 4.31. The molecule has 0 aliphatic heterocycles. The van der Waals surface area contributed by atoms with Crippen LogP contribution in [0.25, 0.3) is 0 Å². The number of rotatable bonds is 11. The number of likely N-dealkylation sites (N-methyl/N-ethyl adjacent to an activating group) is 1. The van der Waals surface area contributed by atoms with Crippen LogP contribution in [0.3, 0.4) is 0 Å². The fourth-order valence-electron chi connectivity index (χ4n) is 2.78. The molecule has 2 N–H and O–H groups in total. The SMILES string of the molecule is CNC(=O)C(Cc1ccccc1)NC(=O)N(CCCC(C)C)CCSC(C)=O. The van der Waals surface area contributed by atoms with E-state index in [0.717, 1.165) is 18.4 Å². The van der Waals surface area contributed by atoms with Crippen molar-refractivity contribution in [1.29, 1.82) is 0 Å². The van der Waals surface area contributed by atoms with Crippen molar-refractivity contribution in [3.63, 3.8) is 0 Å². The Hall–Kier alpha value is -2.02. The minimum Gasteiger partial charge on any atom is -0.357 e. The van der Waals surface area contributed by atoms with Gasteiger partial charge >= 0.3 is 6.03 Å². The summed E-state index contributed by atoms with van der Waals surface area (Å²) in [4.78, 5) is 38.1. The molecular formula is C21H33N3O3S. The molecule has 0 heterocycles. The lowest BCUT2D eigenvalue weighted by Crippen LogP contribution is -2.52. The first-order valence-electron chi connectivity index (χ1n) is 9.77. The highest BCUT2D eigenvalue weighted by atomic mass is 32.2. The number of thioether (sulfide) groups is 1. The Morgan fingerprint density at radius 3 is 2.36 bits per heavy atom. The van der Waals surface area contributed by atoms with Crippen LogP contribution < -0.4 is 10.6 Å². The van der Waals surface area contributed by atoms with Gasteiger partial charge in [-0.2, -0.15) is 0 Å². The van der Waals surface area contributed by atoms with Crippen molar-refractivity contribution in [1.82, 2.24) is 15.5 Å². The highest BCUT2D eigenvalue weighted by Crippen LogP contribution is 2.09. The summed E-state index contributed by atoms with van der Waals surface area (Å²) >= 11 is 1.21. The summed E-state index contributed by atoms with van der Waals surface area (Å²) in [7, 11) is 1.57. The molecule has 0 spiro atoms. The lowest BCUT2D eigenvalue weighted by atomic mass is 10.1. The van der Waals surface area contributed by atoms with Crippen LogP contribution in [0.15, 0.2) is 30.3 Å². The smallest absolute Gasteiger partial charge is 0.318 e. The highest BCUT2D eigenvalue weighted by Gasteiger charge is 2.23. The molecule has 28 heavy (non-hydrogen) atoms. The van der Waals surface area contributed by atoms with Gasteiger partial charge in [-0.3, -0.25) is 9.59 Å². The Kier molecular flexibility index (Phi) is 11.3. The van der Waals surface area contributed by atoms with Crippen LogP contribution >= 0.6 is 11.8 Å². The van der Waals surface area contributed by atoms with E-state index in [2.05, 4.69) is 24.5 Å². The fraction of sp³-hybridized carbons (Fsp3) is 0.571. The van der Waals surface area contributed by atoms with Crippen molar-refractivity contribution in [2.45, 2.75) is 46.1 Å². The highest BCUT2D eigenvalue weighted by molar-refractivity contribution is 8.13. The van der Waals surface area contributed by atoms with E-state index in [0.29, 0.717) is 31.2 Å². The molecule has 3 amide bonds. The van der Waals surface area contributed by atoms with Crippen molar-refractivity contribution >= 4 is 28.8 Å². The third-order valence-corrected chi connectivity index (χ3v) is 5.10. The van der Waals surface area contributed by atoms with Crippen LogP contribution in [0.4, 0.5) is 4.79 Å². The number of benzene rings is 1. The first-order chi connectivity index (χ1) is 13.3. The van der Waals surface area contributed by atoms with Crippen LogP contribution in [0.1, 0.15) is 39.2 Å². The summed E-state index contributed by atoms with van der Waals surface area (Å²) in [6, 6.07) is 8.70. The van der Waals surface area contributed by atoms with Gasteiger partial charge in [-0.05, 0) is 24.3 Å². The number of carbonyl (C=O) groups is 3. The Morgan fingerprint density at radius 2 is 1.79 bits per heavy atom. The zero-order valence-electron chi connectivity index (χ0n) is 17.4. The van der Waals surface area contributed by atoms with Crippen LogP contribution in [0.2, 0.25) is 0 Å². The third kappa shape index (κ3) is 9.78. The van der Waals surface area contributed by atoms with E-state index in [1.807, 2.05) is 30.3 Å². The second-order valence-electron chi connectivity index (χ2n) is 7.17. The van der Waals surface area contributed by atoms with Crippen molar-refractivity contribution in [2.75, 3.05) is 25.9 Å². The molecular weight excluding hydrogens is 374 g/mol. The first-order valence-corrected chi connectivity index (χ1v) is 10.8. The molecule has 0 saturated carbocycles. The maximum Gasteiger partial charge on any atom is 0.318 e. The number of urea groups is 1. The molecule has 1 unspecified atom stereocenters. The Balaban J connectivity index is 2.77. The van der Waals surface area contributed by atoms with Crippen molar-refractivity contribution in [3.8, 4) is 0 Å². The molecule has 0 radical (unpaired) electrons. The molecule has 0 aliphatic carbocycles. The number of nitrogens with one attached hydrogen (secondary N) is 2. The normalized spacial score (nSPS) is 11.8. The van der Waals surface area contributed by atoms with Gasteiger partial charge in [0.1, 0.15) is 6.04 Å². The summed E-state index contributed by atoms with van der Waals surface area (Å²) in [5.41, 5.74) is 0.981. The monoisotopic (exact) mass is 407 g/mol. The maximum absolute atomic E-state index is 12.9. The minimum atomic E-state index is -0.645. The molecule has 156 valence electrons. The molecule has 1 rings (SSSR count). The van der Waals surface area contributed by atoms with Gasteiger partial charge in [0.05, 0.1) is 0 Å². The molecule has 0 aromatic heterocycles. The quantitative estimate of drug-likeness (QED) is 0.591. The Bertz CT molecular complexity index is 623. The molecule has 7 heteroatoms. The van der Waals surface area contributed by atoms with E-state index in [-0.39, 0.29) is 17.1 Å². The van der Waals surface area contributed by atoms with Crippen LogP contribution in [-0.4, -0.2) is 53.9 Å². The summed E-state index contributed by atoms with van der Waals surface area (Å²) in [6.07, 6.45) is 2.33. The van der Waals surface area contributed by atoms with Crippen LogP contribution in [0.5, 0.6) is 0 Å². The molecule has 0 saturated heterocycles. The predicted octanol–water partition coefficient (Wildman–Crippen LogP) is 3.07. The van der Waals surface area contributed by atoms with Gasteiger partial charge in [0.25, 0.3) is 0 Å². The molecule has 1 atom stereocenters. The average molecular weight is 408 g/mol. The van der Waals surface area contributed by atoms with Crippen molar-refractivity contribution in [2.24, 2.45) is 5.92 Å².